The second-order valence-electron chi connectivity index (χ2n) is 8.94. The van der Waals surface area contributed by atoms with E-state index in [4.69, 9.17) is 10.5 Å². The lowest BCUT2D eigenvalue weighted by Gasteiger charge is -2.20. The minimum absolute atomic E-state index is 0.212. The van der Waals surface area contributed by atoms with Crippen LogP contribution < -0.4 is 0 Å². The highest BCUT2D eigenvalue weighted by Gasteiger charge is 2.15. The van der Waals surface area contributed by atoms with E-state index in [0.717, 1.165) is 19.3 Å². The highest BCUT2D eigenvalue weighted by molar-refractivity contribution is 5.21. The van der Waals surface area contributed by atoms with Gasteiger partial charge in [0.25, 0.3) is 0 Å². The molecular weight excluding hydrogens is 476 g/mol. The van der Waals surface area contributed by atoms with Gasteiger partial charge in [-0.2, -0.15) is 5.26 Å². The summed E-state index contributed by atoms with van der Waals surface area (Å²) in [6, 6.07) is 21.4. The summed E-state index contributed by atoms with van der Waals surface area (Å²) in [6.45, 7) is 20.3. The molecule has 0 saturated heterocycles. The Balaban J connectivity index is 0. The van der Waals surface area contributed by atoms with Gasteiger partial charge in [-0.15, -0.1) is 0 Å². The van der Waals surface area contributed by atoms with E-state index in [1.165, 1.54) is 29.5 Å². The van der Waals surface area contributed by atoms with Crippen LogP contribution >= 0.6 is 0 Å². The molecular formula is C35H52N4. The summed E-state index contributed by atoms with van der Waals surface area (Å²) in [6.07, 6.45) is 12.9. The van der Waals surface area contributed by atoms with Crippen molar-refractivity contribution in [3.05, 3.63) is 96.1 Å². The second-order valence-corrected chi connectivity index (χ2v) is 8.94. The van der Waals surface area contributed by atoms with Gasteiger partial charge in [0.2, 0.25) is 0 Å². The molecule has 0 radical (unpaired) electrons. The molecule has 0 aliphatic heterocycles. The predicted octanol–water partition coefficient (Wildman–Crippen LogP) is 10.5. The summed E-state index contributed by atoms with van der Waals surface area (Å²) in [5.41, 5.74) is 4.06. The molecule has 2 heterocycles. The van der Waals surface area contributed by atoms with Crippen molar-refractivity contribution in [2.75, 3.05) is 0 Å². The van der Waals surface area contributed by atoms with Crippen LogP contribution in [0.25, 0.3) is 0 Å². The van der Waals surface area contributed by atoms with Gasteiger partial charge in [0.15, 0.2) is 0 Å². The molecule has 1 aromatic carbocycles. The monoisotopic (exact) mass is 528 g/mol. The van der Waals surface area contributed by atoms with Gasteiger partial charge in [0.05, 0.1) is 6.07 Å². The largest absolute Gasteiger partial charge is 0.264 e. The lowest BCUT2D eigenvalue weighted by atomic mass is 9.85. The molecule has 3 rings (SSSR count). The fourth-order valence-corrected chi connectivity index (χ4v) is 4.14. The van der Waals surface area contributed by atoms with E-state index in [1.807, 2.05) is 58.4 Å². The van der Waals surface area contributed by atoms with Crippen molar-refractivity contribution in [3.8, 4) is 12.6 Å². The Bertz CT molecular complexity index is 965. The summed E-state index contributed by atoms with van der Waals surface area (Å²) < 4.78 is 0. The summed E-state index contributed by atoms with van der Waals surface area (Å²) in [5, 5.41) is 15.3. The average Bonchev–Trinajstić information content (AvgIpc) is 3.04. The molecule has 0 saturated carbocycles. The van der Waals surface area contributed by atoms with Crippen LogP contribution in [0.15, 0.2) is 79.4 Å². The third-order valence-electron chi connectivity index (χ3n) is 6.53. The molecule has 4 heteroatoms. The van der Waals surface area contributed by atoms with Crippen LogP contribution in [0.4, 0.5) is 0 Å². The first kappa shape index (κ1) is 37.7. The molecule has 4 nitrogen and oxygen atoms in total. The van der Waals surface area contributed by atoms with E-state index in [1.54, 1.807) is 6.20 Å². The zero-order valence-electron chi connectivity index (χ0n) is 25.7. The number of nitrogens with zero attached hydrogens (tertiary/aromatic N) is 4. The highest BCUT2D eigenvalue weighted by Crippen LogP contribution is 2.31. The Kier molecular flexibility index (Phi) is 25.2. The first-order valence-corrected chi connectivity index (χ1v) is 14.6. The standard InChI is InChI=1S/C17H21N.C13H18N2.2C2H6.CHN/c1-3-15(16-8-5-4-6-9-16)12-14(2)17-10-7-11-18-13-17;1-3-12(9-14)7-6-11(2)13-5-4-8-15-10-13;3*1-2/h4-11,13-15H,3,12H2,1-2H3;4-5,8,10-12H,3,6-7H2,1-2H3;2*1-2H3;1H. The maximum absolute atomic E-state index is 8.85. The number of benzene rings is 1. The average molecular weight is 529 g/mol. The van der Waals surface area contributed by atoms with E-state index in [2.05, 4.69) is 92.8 Å². The van der Waals surface area contributed by atoms with Gasteiger partial charge in [-0.1, -0.05) is 97.9 Å². The molecule has 2 aromatic heterocycles. The van der Waals surface area contributed by atoms with Crippen LogP contribution in [0, 0.1) is 29.1 Å². The van der Waals surface area contributed by atoms with Crippen LogP contribution in [0.2, 0.25) is 0 Å². The van der Waals surface area contributed by atoms with Crippen molar-refractivity contribution in [2.45, 2.75) is 105 Å². The van der Waals surface area contributed by atoms with E-state index >= 15 is 0 Å². The number of nitriles is 2. The quantitative estimate of drug-likeness (QED) is 0.262. The van der Waals surface area contributed by atoms with Crippen LogP contribution in [0.1, 0.15) is 122 Å². The van der Waals surface area contributed by atoms with Crippen LogP contribution in [0.3, 0.4) is 0 Å². The van der Waals surface area contributed by atoms with Crippen LogP contribution in [-0.2, 0) is 0 Å². The number of pyridine rings is 2. The van der Waals surface area contributed by atoms with Crippen LogP contribution in [0.5, 0.6) is 0 Å². The number of rotatable bonds is 10. The van der Waals surface area contributed by atoms with Crippen molar-refractivity contribution < 1.29 is 0 Å². The molecule has 0 spiro atoms. The molecule has 0 N–H and O–H groups in total. The molecule has 0 aliphatic rings. The summed E-state index contributed by atoms with van der Waals surface area (Å²) in [7, 11) is 0. The van der Waals surface area contributed by atoms with E-state index in [9.17, 15) is 0 Å². The topological polar surface area (TPSA) is 73.4 Å². The first-order valence-electron chi connectivity index (χ1n) is 14.6. The summed E-state index contributed by atoms with van der Waals surface area (Å²) in [4.78, 5) is 8.32. The number of hydrogen-bond acceptors (Lipinski definition) is 4. The third kappa shape index (κ3) is 16.2. The number of aromatic nitrogens is 2. The van der Waals surface area contributed by atoms with E-state index in [-0.39, 0.29) is 5.92 Å². The van der Waals surface area contributed by atoms with E-state index in [0.29, 0.717) is 17.8 Å². The van der Waals surface area contributed by atoms with Crippen molar-refractivity contribution in [1.82, 2.24) is 9.97 Å². The predicted molar refractivity (Wildman–Crippen MR) is 167 cm³/mol. The normalized spacial score (nSPS) is 12.3. The zero-order chi connectivity index (χ0) is 29.9. The SMILES string of the molecule is C#N.CC.CC.CCC(C#N)CCC(C)c1cccnc1.CCC(CC(C)c1cccnc1)c1ccccc1. The number of hydrogen-bond donors (Lipinski definition) is 0. The maximum atomic E-state index is 8.85. The minimum atomic E-state index is 0.212. The maximum Gasteiger partial charge on any atom is 0.0655 e. The smallest absolute Gasteiger partial charge is 0.0655 e. The molecule has 212 valence electrons. The molecule has 0 aliphatic carbocycles. The van der Waals surface area contributed by atoms with Gasteiger partial charge in [0, 0.05) is 37.3 Å². The summed E-state index contributed by atoms with van der Waals surface area (Å²) in [5.74, 6) is 1.91. The Hall–Kier alpha value is -3.50. The molecule has 0 amide bonds. The Morgan fingerprint density at radius 1 is 0.692 bits per heavy atom. The third-order valence-corrected chi connectivity index (χ3v) is 6.53. The fourth-order valence-electron chi connectivity index (χ4n) is 4.14. The molecule has 0 bridgehead atoms. The van der Waals surface area contributed by atoms with Crippen molar-refractivity contribution in [1.29, 1.82) is 10.5 Å². The molecule has 0 fully saturated rings. The van der Waals surface area contributed by atoms with Gasteiger partial charge >= 0.3 is 0 Å². The lowest BCUT2D eigenvalue weighted by molar-refractivity contribution is 0.519. The minimum Gasteiger partial charge on any atom is -0.264 e. The van der Waals surface area contributed by atoms with Gasteiger partial charge in [-0.3, -0.25) is 9.97 Å². The zero-order valence-corrected chi connectivity index (χ0v) is 25.7. The highest BCUT2D eigenvalue weighted by atomic mass is 14.6. The Labute approximate surface area is 240 Å². The van der Waals surface area contributed by atoms with Crippen molar-refractivity contribution >= 4 is 0 Å². The molecule has 39 heavy (non-hydrogen) atoms. The van der Waals surface area contributed by atoms with Gasteiger partial charge in [0.1, 0.15) is 0 Å². The molecule has 4 unspecified atom stereocenters. The van der Waals surface area contributed by atoms with Gasteiger partial charge < -0.3 is 0 Å². The Morgan fingerprint density at radius 2 is 1.18 bits per heavy atom. The van der Waals surface area contributed by atoms with Gasteiger partial charge in [-0.25, -0.2) is 5.26 Å². The van der Waals surface area contributed by atoms with E-state index < -0.39 is 0 Å². The second kappa shape index (κ2) is 26.1. The first-order chi connectivity index (χ1) is 19.1. The summed E-state index contributed by atoms with van der Waals surface area (Å²) >= 11 is 0. The van der Waals surface area contributed by atoms with Crippen molar-refractivity contribution in [3.63, 3.8) is 0 Å². The lowest BCUT2D eigenvalue weighted by Crippen LogP contribution is -2.03. The molecule has 4 atom stereocenters. The Morgan fingerprint density at radius 3 is 1.59 bits per heavy atom. The van der Waals surface area contributed by atoms with Gasteiger partial charge in [-0.05, 0) is 78.7 Å². The fraction of sp³-hybridized carbons (Fsp3) is 0.486. The van der Waals surface area contributed by atoms with Crippen LogP contribution in [-0.4, -0.2) is 9.97 Å². The van der Waals surface area contributed by atoms with Crippen molar-refractivity contribution in [2.24, 2.45) is 5.92 Å². The molecule has 3 aromatic rings.